The van der Waals surface area contributed by atoms with E-state index in [-0.39, 0.29) is 18.1 Å². The van der Waals surface area contributed by atoms with Crippen molar-refractivity contribution in [1.29, 1.82) is 0 Å². The van der Waals surface area contributed by atoms with Crippen molar-refractivity contribution in [2.45, 2.75) is 101 Å². The average molecular weight is 554 g/mol. The summed E-state index contributed by atoms with van der Waals surface area (Å²) in [5.74, 6) is -1.84. The predicted octanol–water partition coefficient (Wildman–Crippen LogP) is 7.43. The first-order chi connectivity index (χ1) is 15.5. The SMILES string of the molecule is CCOC(=O)C[C@@]1(O[Si](C)(C)C(C)(C)C)O[C@H](C(Cl)(Cl)Cl)O[C@H](CCc2ccccc2)C1(C)C. The summed E-state index contributed by atoms with van der Waals surface area (Å²) in [6.07, 6.45) is -0.394. The standard InChI is InChI=1S/C25H39Cl3O5Si/c1-9-30-20(29)17-24(33-34(7,8)22(2,3)4)23(5,6)19(31-21(32-24)25(26,27)28)16-15-18-13-11-10-12-14-18/h10-14,19,21H,9,15-17H2,1-8H3/t19-,21-,24+/m1/s1. The summed E-state index contributed by atoms with van der Waals surface area (Å²) in [5.41, 5.74) is 0.399. The van der Waals surface area contributed by atoms with Crippen molar-refractivity contribution in [2.75, 3.05) is 6.61 Å². The van der Waals surface area contributed by atoms with Crippen LogP contribution in [0.3, 0.4) is 0 Å². The van der Waals surface area contributed by atoms with Crippen LogP contribution in [0.2, 0.25) is 18.1 Å². The monoisotopic (exact) mass is 552 g/mol. The zero-order valence-electron chi connectivity index (χ0n) is 21.5. The molecule has 0 amide bonds. The molecule has 1 saturated heterocycles. The second-order valence-electron chi connectivity index (χ2n) is 11.0. The van der Waals surface area contributed by atoms with Gasteiger partial charge in [0.05, 0.1) is 19.1 Å². The minimum Gasteiger partial charge on any atom is -0.466 e. The van der Waals surface area contributed by atoms with Crippen LogP contribution in [0.4, 0.5) is 0 Å². The van der Waals surface area contributed by atoms with Gasteiger partial charge in [0.2, 0.25) is 10.1 Å². The summed E-state index contributed by atoms with van der Waals surface area (Å²) >= 11 is 18.9. The summed E-state index contributed by atoms with van der Waals surface area (Å²) in [4.78, 5) is 12.9. The number of carbonyl (C=O) groups excluding carboxylic acids is 1. The van der Waals surface area contributed by atoms with Gasteiger partial charge < -0.3 is 18.6 Å². The van der Waals surface area contributed by atoms with E-state index in [0.29, 0.717) is 6.42 Å². The Morgan fingerprint density at radius 3 is 2.21 bits per heavy atom. The summed E-state index contributed by atoms with van der Waals surface area (Å²) < 4.78 is 23.0. The zero-order valence-corrected chi connectivity index (χ0v) is 24.8. The smallest absolute Gasteiger partial charge is 0.311 e. The molecule has 1 heterocycles. The molecule has 0 bridgehead atoms. The molecule has 0 aromatic heterocycles. The lowest BCUT2D eigenvalue weighted by Crippen LogP contribution is -2.68. The van der Waals surface area contributed by atoms with Gasteiger partial charge in [-0.15, -0.1) is 0 Å². The molecule has 0 unspecified atom stereocenters. The third-order valence-electron chi connectivity index (χ3n) is 7.09. The number of rotatable bonds is 8. The Hall–Kier alpha value is -0.343. The van der Waals surface area contributed by atoms with Crippen LogP contribution >= 0.6 is 34.8 Å². The number of hydrogen-bond donors (Lipinski definition) is 0. The Labute approximate surface area is 220 Å². The van der Waals surface area contributed by atoms with Crippen molar-refractivity contribution >= 4 is 49.1 Å². The highest BCUT2D eigenvalue weighted by molar-refractivity contribution is 6.74. The second-order valence-corrected chi connectivity index (χ2v) is 18.1. The van der Waals surface area contributed by atoms with E-state index in [1.165, 1.54) is 5.56 Å². The van der Waals surface area contributed by atoms with E-state index in [4.69, 9.17) is 53.4 Å². The molecule has 9 heteroatoms. The van der Waals surface area contributed by atoms with Crippen molar-refractivity contribution < 1.29 is 23.4 Å². The third kappa shape index (κ3) is 6.90. The molecule has 0 aliphatic carbocycles. The fraction of sp³-hybridized carbons (Fsp3) is 0.720. The Balaban J connectivity index is 2.55. The average Bonchev–Trinajstić information content (AvgIpc) is 2.68. The molecular weight excluding hydrogens is 515 g/mol. The normalized spacial score (nSPS) is 25.7. The van der Waals surface area contributed by atoms with Gasteiger partial charge in [0.1, 0.15) is 0 Å². The van der Waals surface area contributed by atoms with Gasteiger partial charge in [0, 0.05) is 5.41 Å². The molecule has 5 nitrogen and oxygen atoms in total. The van der Waals surface area contributed by atoms with Crippen molar-refractivity contribution in [3.8, 4) is 0 Å². The molecule has 34 heavy (non-hydrogen) atoms. The summed E-state index contributed by atoms with van der Waals surface area (Å²) in [7, 11) is -2.47. The molecule has 1 aromatic rings. The highest BCUT2D eigenvalue weighted by Crippen LogP contribution is 2.54. The fourth-order valence-electron chi connectivity index (χ4n) is 3.86. The number of carbonyl (C=O) groups is 1. The molecule has 0 N–H and O–H groups in total. The van der Waals surface area contributed by atoms with Crippen LogP contribution in [0.1, 0.15) is 59.9 Å². The predicted molar refractivity (Wildman–Crippen MR) is 141 cm³/mol. The van der Waals surface area contributed by atoms with Gasteiger partial charge >= 0.3 is 5.97 Å². The van der Waals surface area contributed by atoms with Crippen LogP contribution in [-0.2, 0) is 29.9 Å². The van der Waals surface area contributed by atoms with Crippen LogP contribution in [0.15, 0.2) is 30.3 Å². The van der Waals surface area contributed by atoms with Crippen molar-refractivity contribution in [3.05, 3.63) is 35.9 Å². The van der Waals surface area contributed by atoms with Crippen molar-refractivity contribution in [2.24, 2.45) is 5.41 Å². The van der Waals surface area contributed by atoms with E-state index in [1.807, 2.05) is 32.0 Å². The number of aryl methyl sites for hydroxylation is 1. The van der Waals surface area contributed by atoms with Gasteiger partial charge in [-0.3, -0.25) is 4.79 Å². The van der Waals surface area contributed by atoms with Crippen LogP contribution in [0.25, 0.3) is 0 Å². The molecule has 194 valence electrons. The summed E-state index contributed by atoms with van der Waals surface area (Å²) in [6, 6.07) is 10.1. The van der Waals surface area contributed by atoms with Crippen LogP contribution in [-0.4, -0.2) is 42.9 Å². The minimum absolute atomic E-state index is 0.136. The number of ether oxygens (including phenoxy) is 3. The van der Waals surface area contributed by atoms with Gasteiger partial charge in [-0.05, 0) is 43.5 Å². The molecular formula is C25H39Cl3O5Si. The zero-order chi connectivity index (χ0) is 26.0. The van der Waals surface area contributed by atoms with Gasteiger partial charge in [-0.2, -0.15) is 0 Å². The Morgan fingerprint density at radius 1 is 1.12 bits per heavy atom. The number of halogens is 3. The molecule has 0 radical (unpaired) electrons. The Kier molecular flexibility index (Phi) is 9.63. The van der Waals surface area contributed by atoms with E-state index in [0.717, 1.165) is 6.42 Å². The van der Waals surface area contributed by atoms with E-state index < -0.39 is 41.7 Å². The maximum absolute atomic E-state index is 12.9. The van der Waals surface area contributed by atoms with Gasteiger partial charge in [0.15, 0.2) is 14.1 Å². The quantitative estimate of drug-likeness (QED) is 0.190. The summed E-state index contributed by atoms with van der Waals surface area (Å²) in [5, 5.41) is -0.151. The third-order valence-corrected chi connectivity index (χ3v) is 12.1. The van der Waals surface area contributed by atoms with E-state index in [9.17, 15) is 4.79 Å². The van der Waals surface area contributed by atoms with E-state index >= 15 is 0 Å². The lowest BCUT2D eigenvalue weighted by atomic mass is 9.73. The largest absolute Gasteiger partial charge is 0.466 e. The maximum atomic E-state index is 12.9. The van der Waals surface area contributed by atoms with Gasteiger partial charge in [-0.25, -0.2) is 0 Å². The number of benzene rings is 1. The maximum Gasteiger partial charge on any atom is 0.311 e. The van der Waals surface area contributed by atoms with Gasteiger partial charge in [0.25, 0.3) is 0 Å². The molecule has 1 fully saturated rings. The minimum atomic E-state index is -2.47. The van der Waals surface area contributed by atoms with Crippen molar-refractivity contribution in [1.82, 2.24) is 0 Å². The molecule has 3 atom stereocenters. The molecule has 1 aliphatic heterocycles. The highest BCUT2D eigenvalue weighted by atomic mass is 35.6. The van der Waals surface area contributed by atoms with Crippen molar-refractivity contribution in [3.63, 3.8) is 0 Å². The lowest BCUT2D eigenvalue weighted by molar-refractivity contribution is -0.395. The number of hydrogen-bond acceptors (Lipinski definition) is 5. The summed E-state index contributed by atoms with van der Waals surface area (Å²) in [6.45, 7) is 16.6. The molecule has 1 aromatic carbocycles. The molecule has 0 saturated carbocycles. The molecule has 1 aliphatic rings. The Bertz CT molecular complexity index is 820. The molecule has 0 spiro atoms. The lowest BCUT2D eigenvalue weighted by Gasteiger charge is -2.58. The van der Waals surface area contributed by atoms with Gasteiger partial charge in [-0.1, -0.05) is 99.8 Å². The first kappa shape index (κ1) is 29.9. The van der Waals surface area contributed by atoms with Crippen LogP contribution in [0.5, 0.6) is 0 Å². The first-order valence-corrected chi connectivity index (χ1v) is 15.8. The second kappa shape index (κ2) is 11.0. The Morgan fingerprint density at radius 2 is 1.71 bits per heavy atom. The molecule has 2 rings (SSSR count). The van der Waals surface area contributed by atoms with Crippen LogP contribution in [0, 0.1) is 5.41 Å². The number of esters is 1. The number of alkyl halides is 3. The highest BCUT2D eigenvalue weighted by Gasteiger charge is 2.63. The topological polar surface area (TPSA) is 54.0 Å². The first-order valence-electron chi connectivity index (χ1n) is 11.7. The van der Waals surface area contributed by atoms with E-state index in [1.54, 1.807) is 6.92 Å². The van der Waals surface area contributed by atoms with E-state index in [2.05, 4.69) is 46.0 Å². The fourth-order valence-corrected chi connectivity index (χ4v) is 5.66. The van der Waals surface area contributed by atoms with Crippen LogP contribution < -0.4 is 0 Å².